The van der Waals surface area contributed by atoms with E-state index in [9.17, 15) is 4.79 Å². The lowest BCUT2D eigenvalue weighted by atomic mass is 10.1. The van der Waals surface area contributed by atoms with Crippen LogP contribution in [0.3, 0.4) is 0 Å². The minimum atomic E-state index is -0.433. The van der Waals surface area contributed by atoms with Gasteiger partial charge in [-0.25, -0.2) is 4.98 Å². The zero-order valence-electron chi connectivity index (χ0n) is 13.9. The van der Waals surface area contributed by atoms with Crippen LogP contribution in [0.5, 0.6) is 5.75 Å². The van der Waals surface area contributed by atoms with Crippen LogP contribution >= 0.6 is 69.3 Å². The molecular weight excluding hydrogens is 474 g/mol. The van der Waals surface area contributed by atoms with Gasteiger partial charge in [0.15, 0.2) is 17.5 Å². The molecule has 3 aromatic rings. The number of hydrogen-bond donors (Lipinski definition) is 1. The molecule has 4 nitrogen and oxygen atoms in total. The van der Waals surface area contributed by atoms with Crippen molar-refractivity contribution in [1.29, 1.82) is 0 Å². The number of aryl methyl sites for hydroxylation is 2. The Hall–Kier alpha value is -0.950. The van der Waals surface area contributed by atoms with Crippen LogP contribution in [0.1, 0.15) is 11.1 Å². The van der Waals surface area contributed by atoms with Gasteiger partial charge in [0.25, 0.3) is 5.91 Å². The Morgan fingerprint density at radius 1 is 1.04 bits per heavy atom. The first-order valence-corrected chi connectivity index (χ1v) is 10.2. The standard InChI is InChI=1S/C17H11Cl5N2O2S/c1-6-3-7(2)15-8(4-6)27-17(24-15)23-9(25)5-26-16-13(21)11(19)10(18)12(20)14(16)22/h3-4H,5H2,1-2H3,(H,23,24,25). The lowest BCUT2D eigenvalue weighted by Gasteiger charge is -2.13. The van der Waals surface area contributed by atoms with Gasteiger partial charge in [-0.2, -0.15) is 0 Å². The van der Waals surface area contributed by atoms with E-state index in [-0.39, 0.29) is 37.5 Å². The van der Waals surface area contributed by atoms with Crippen molar-refractivity contribution in [3.63, 3.8) is 0 Å². The van der Waals surface area contributed by atoms with Crippen molar-refractivity contribution in [3.8, 4) is 5.75 Å². The number of ether oxygens (including phenoxy) is 1. The van der Waals surface area contributed by atoms with E-state index in [1.165, 1.54) is 11.3 Å². The van der Waals surface area contributed by atoms with Crippen LogP contribution < -0.4 is 10.1 Å². The first kappa shape index (κ1) is 20.8. The maximum absolute atomic E-state index is 12.2. The molecule has 27 heavy (non-hydrogen) atoms. The largest absolute Gasteiger partial charge is 0.481 e. The zero-order chi connectivity index (χ0) is 19.9. The summed E-state index contributed by atoms with van der Waals surface area (Å²) >= 11 is 31.4. The Kier molecular flexibility index (Phi) is 6.31. The van der Waals surface area contributed by atoms with E-state index in [0.29, 0.717) is 5.13 Å². The molecule has 0 saturated carbocycles. The molecule has 10 heteroatoms. The Bertz CT molecular complexity index is 1040. The number of benzene rings is 2. The number of aromatic nitrogens is 1. The number of rotatable bonds is 4. The molecule has 0 aliphatic rings. The Morgan fingerprint density at radius 3 is 2.26 bits per heavy atom. The first-order chi connectivity index (χ1) is 12.7. The third kappa shape index (κ3) is 4.24. The summed E-state index contributed by atoms with van der Waals surface area (Å²) < 4.78 is 6.40. The van der Waals surface area contributed by atoms with Gasteiger partial charge in [-0.15, -0.1) is 0 Å². The maximum atomic E-state index is 12.2. The molecule has 0 bridgehead atoms. The summed E-state index contributed by atoms with van der Waals surface area (Å²) in [5.74, 6) is -0.443. The number of amides is 1. The van der Waals surface area contributed by atoms with Gasteiger partial charge in [0, 0.05) is 0 Å². The lowest BCUT2D eigenvalue weighted by Crippen LogP contribution is -2.20. The van der Waals surface area contributed by atoms with Crippen molar-refractivity contribution in [2.24, 2.45) is 0 Å². The van der Waals surface area contributed by atoms with Gasteiger partial charge in [-0.1, -0.05) is 75.4 Å². The van der Waals surface area contributed by atoms with Gasteiger partial charge in [-0.3, -0.25) is 10.1 Å². The smallest absolute Gasteiger partial charge is 0.264 e. The lowest BCUT2D eigenvalue weighted by molar-refractivity contribution is -0.118. The number of thiazole rings is 1. The molecular formula is C17H11Cl5N2O2S. The number of hydrogen-bond acceptors (Lipinski definition) is 4. The summed E-state index contributed by atoms with van der Waals surface area (Å²) in [5, 5.41) is 3.14. The first-order valence-electron chi connectivity index (χ1n) is 7.51. The fourth-order valence-corrected chi connectivity index (χ4v) is 4.72. The second kappa shape index (κ2) is 8.19. The maximum Gasteiger partial charge on any atom is 0.264 e. The minimum Gasteiger partial charge on any atom is -0.481 e. The summed E-state index contributed by atoms with van der Waals surface area (Å²) in [6, 6.07) is 4.05. The predicted octanol–water partition coefficient (Wildman–Crippen LogP) is 7.20. The van der Waals surface area contributed by atoms with Crippen molar-refractivity contribution < 1.29 is 9.53 Å². The van der Waals surface area contributed by atoms with Crippen LogP contribution in [0.25, 0.3) is 10.2 Å². The minimum absolute atomic E-state index is 0.000148. The van der Waals surface area contributed by atoms with Gasteiger partial charge >= 0.3 is 0 Å². The van der Waals surface area contributed by atoms with Gasteiger partial charge in [-0.05, 0) is 31.0 Å². The average Bonchev–Trinajstić information content (AvgIpc) is 3.00. The highest BCUT2D eigenvalue weighted by atomic mass is 35.5. The van der Waals surface area contributed by atoms with Gasteiger partial charge in [0.05, 0.1) is 25.3 Å². The molecule has 2 aromatic carbocycles. The number of nitrogens with zero attached hydrogens (tertiary/aromatic N) is 1. The molecule has 142 valence electrons. The normalized spacial score (nSPS) is 11.1. The van der Waals surface area contributed by atoms with Crippen molar-refractivity contribution in [2.45, 2.75) is 13.8 Å². The third-order valence-corrected chi connectivity index (χ3v) is 6.75. The van der Waals surface area contributed by atoms with E-state index in [0.717, 1.165) is 21.3 Å². The van der Waals surface area contributed by atoms with Crippen molar-refractivity contribution in [3.05, 3.63) is 48.4 Å². The summed E-state index contributed by atoms with van der Waals surface area (Å²) in [6.45, 7) is 3.62. The van der Waals surface area contributed by atoms with Crippen LogP contribution in [-0.2, 0) is 4.79 Å². The van der Waals surface area contributed by atoms with Crippen LogP contribution in [0.4, 0.5) is 5.13 Å². The monoisotopic (exact) mass is 482 g/mol. The molecule has 0 aliphatic heterocycles. The van der Waals surface area contributed by atoms with Gasteiger partial charge in [0.1, 0.15) is 10.0 Å². The fourth-order valence-electron chi connectivity index (χ4n) is 2.43. The molecule has 0 aliphatic carbocycles. The number of carbonyl (C=O) groups excluding carboxylic acids is 1. The van der Waals surface area contributed by atoms with Crippen molar-refractivity contribution in [1.82, 2.24) is 4.98 Å². The Labute approximate surface area is 184 Å². The van der Waals surface area contributed by atoms with Crippen molar-refractivity contribution in [2.75, 3.05) is 11.9 Å². The molecule has 1 heterocycles. The highest BCUT2D eigenvalue weighted by Gasteiger charge is 2.21. The van der Waals surface area contributed by atoms with Crippen LogP contribution in [0, 0.1) is 13.8 Å². The van der Waals surface area contributed by atoms with E-state index >= 15 is 0 Å². The van der Waals surface area contributed by atoms with E-state index in [1.807, 2.05) is 26.0 Å². The quantitative estimate of drug-likeness (QED) is 0.315. The van der Waals surface area contributed by atoms with Gasteiger partial charge in [0.2, 0.25) is 0 Å². The molecule has 1 amide bonds. The second-order valence-electron chi connectivity index (χ2n) is 5.68. The Balaban J connectivity index is 1.75. The number of anilines is 1. The third-order valence-electron chi connectivity index (χ3n) is 3.59. The summed E-state index contributed by atoms with van der Waals surface area (Å²) in [7, 11) is 0. The number of fused-ring (bicyclic) bond motifs is 1. The molecule has 0 saturated heterocycles. The van der Waals surface area contributed by atoms with Crippen LogP contribution in [-0.4, -0.2) is 17.5 Å². The molecule has 1 aromatic heterocycles. The van der Waals surface area contributed by atoms with Gasteiger partial charge < -0.3 is 4.74 Å². The SMILES string of the molecule is Cc1cc(C)c2nc(NC(=O)COc3c(Cl)c(Cl)c(Cl)c(Cl)c3Cl)sc2c1. The van der Waals surface area contributed by atoms with E-state index in [2.05, 4.69) is 10.3 Å². The van der Waals surface area contributed by atoms with Crippen LogP contribution in [0.2, 0.25) is 25.1 Å². The molecule has 0 unspecified atom stereocenters. The highest BCUT2D eigenvalue weighted by Crippen LogP contribution is 2.48. The number of nitrogens with one attached hydrogen (secondary N) is 1. The molecule has 0 fully saturated rings. The molecule has 3 rings (SSSR count). The van der Waals surface area contributed by atoms with Crippen molar-refractivity contribution >= 4 is 90.6 Å². The molecule has 1 N–H and O–H groups in total. The van der Waals surface area contributed by atoms with E-state index in [4.69, 9.17) is 62.7 Å². The summed E-state index contributed by atoms with van der Waals surface area (Å²) in [4.78, 5) is 16.7. The number of halogens is 5. The van der Waals surface area contributed by atoms with Crippen LogP contribution in [0.15, 0.2) is 12.1 Å². The second-order valence-corrected chi connectivity index (χ2v) is 8.60. The highest BCUT2D eigenvalue weighted by molar-refractivity contribution is 7.22. The molecule has 0 atom stereocenters. The van der Waals surface area contributed by atoms with E-state index in [1.54, 1.807) is 0 Å². The summed E-state index contributed by atoms with van der Waals surface area (Å²) in [6.07, 6.45) is 0. The Morgan fingerprint density at radius 2 is 1.63 bits per heavy atom. The average molecular weight is 485 g/mol. The number of carbonyl (C=O) groups is 1. The zero-order valence-corrected chi connectivity index (χ0v) is 18.5. The summed E-state index contributed by atoms with van der Waals surface area (Å²) in [5.41, 5.74) is 3.02. The molecule has 0 radical (unpaired) electrons. The fraction of sp³-hybridized carbons (Fsp3) is 0.176. The predicted molar refractivity (Wildman–Crippen MR) is 115 cm³/mol. The topological polar surface area (TPSA) is 51.2 Å². The van der Waals surface area contributed by atoms with E-state index < -0.39 is 5.91 Å². The molecule has 0 spiro atoms.